The Hall–Kier alpha value is -2.84. The van der Waals surface area contributed by atoms with E-state index in [1.54, 1.807) is 6.07 Å². The Morgan fingerprint density at radius 2 is 1.72 bits per heavy atom. The number of amides is 1. The Labute approximate surface area is 195 Å². The maximum atomic E-state index is 12.0. The average molecular weight is 469 g/mol. The molecule has 0 saturated carbocycles. The second-order valence-electron chi connectivity index (χ2n) is 6.88. The Morgan fingerprint density at radius 3 is 2.44 bits per heavy atom. The Kier molecular flexibility index (Phi) is 7.79. The number of carbonyl (C=O) groups excluding carboxylic acids is 1. The molecule has 1 aliphatic heterocycles. The zero-order chi connectivity index (χ0) is 22.2. The van der Waals surface area contributed by atoms with Gasteiger partial charge in [0, 0.05) is 17.1 Å². The highest BCUT2D eigenvalue weighted by atomic mass is 32.2. The molecule has 0 radical (unpaired) electrons. The molecule has 1 aromatic heterocycles. The van der Waals surface area contributed by atoms with Crippen molar-refractivity contribution >= 4 is 35.6 Å². The molecule has 0 bridgehead atoms. The number of furan rings is 1. The van der Waals surface area contributed by atoms with Crippen molar-refractivity contribution in [3.8, 4) is 22.8 Å². The molecular formula is C24H24N2O4S2. The Balaban J connectivity index is 1.23. The number of hydrazone groups is 1. The van der Waals surface area contributed by atoms with Crippen LogP contribution in [0.2, 0.25) is 0 Å². The molecule has 6 nitrogen and oxygen atoms in total. The minimum Gasteiger partial charge on any atom is -0.494 e. The second-order valence-corrected chi connectivity index (χ2v) is 9.61. The van der Waals surface area contributed by atoms with Crippen LogP contribution in [-0.2, 0) is 4.79 Å². The fourth-order valence-electron chi connectivity index (χ4n) is 3.08. The molecular weight excluding hydrogens is 444 g/mol. The van der Waals surface area contributed by atoms with Crippen molar-refractivity contribution in [3.63, 3.8) is 0 Å². The van der Waals surface area contributed by atoms with Gasteiger partial charge in [-0.2, -0.15) is 5.10 Å². The van der Waals surface area contributed by atoms with E-state index in [0.717, 1.165) is 11.3 Å². The minimum atomic E-state index is -0.342. The van der Waals surface area contributed by atoms with Crippen LogP contribution in [0.5, 0.6) is 11.5 Å². The number of hydrogen-bond donors (Lipinski definition) is 1. The van der Waals surface area contributed by atoms with Gasteiger partial charge in [0.2, 0.25) is 0 Å². The van der Waals surface area contributed by atoms with Gasteiger partial charge >= 0.3 is 0 Å². The van der Waals surface area contributed by atoms with Gasteiger partial charge in [-0.3, -0.25) is 4.79 Å². The third-order valence-electron chi connectivity index (χ3n) is 4.60. The van der Waals surface area contributed by atoms with Crippen molar-refractivity contribution in [3.05, 3.63) is 72.0 Å². The lowest BCUT2D eigenvalue weighted by Crippen LogP contribution is -2.24. The summed E-state index contributed by atoms with van der Waals surface area (Å²) in [6.45, 7) is 2.46. The molecule has 0 aliphatic carbocycles. The molecule has 1 N–H and O–H groups in total. The lowest BCUT2D eigenvalue weighted by Gasteiger charge is -2.09. The zero-order valence-electron chi connectivity index (χ0n) is 17.7. The van der Waals surface area contributed by atoms with Gasteiger partial charge in [0.1, 0.15) is 23.0 Å². The summed E-state index contributed by atoms with van der Waals surface area (Å²) in [4.78, 5) is 12.0. The summed E-state index contributed by atoms with van der Waals surface area (Å²) >= 11 is 3.92. The summed E-state index contributed by atoms with van der Waals surface area (Å²) in [6, 6.07) is 19.2. The fourth-order valence-corrected chi connectivity index (χ4v) is 5.94. The summed E-state index contributed by atoms with van der Waals surface area (Å²) in [5.41, 5.74) is 4.66. The van der Waals surface area contributed by atoms with E-state index >= 15 is 0 Å². The van der Waals surface area contributed by atoms with E-state index in [4.69, 9.17) is 13.9 Å². The summed E-state index contributed by atoms with van der Waals surface area (Å²) in [6.07, 6.45) is 1.46. The van der Waals surface area contributed by atoms with Crippen molar-refractivity contribution in [1.29, 1.82) is 0 Å². The zero-order valence-corrected chi connectivity index (χ0v) is 19.3. The van der Waals surface area contributed by atoms with Crippen molar-refractivity contribution in [2.24, 2.45) is 5.10 Å². The van der Waals surface area contributed by atoms with Crippen molar-refractivity contribution in [1.82, 2.24) is 5.43 Å². The summed E-state index contributed by atoms with van der Waals surface area (Å²) in [7, 11) is 0. The van der Waals surface area contributed by atoms with Crippen LogP contribution < -0.4 is 14.9 Å². The minimum absolute atomic E-state index is 0.112. The summed E-state index contributed by atoms with van der Waals surface area (Å²) < 4.78 is 17.2. The van der Waals surface area contributed by atoms with E-state index in [0.29, 0.717) is 28.5 Å². The van der Waals surface area contributed by atoms with Crippen LogP contribution in [0, 0.1) is 0 Å². The van der Waals surface area contributed by atoms with Crippen LogP contribution in [-0.4, -0.2) is 36.8 Å². The van der Waals surface area contributed by atoms with E-state index in [1.807, 2.05) is 72.9 Å². The third-order valence-corrected chi connectivity index (χ3v) is 7.71. The molecule has 0 atom stereocenters. The Bertz CT molecular complexity index is 1040. The number of benzene rings is 2. The van der Waals surface area contributed by atoms with Crippen LogP contribution in [0.25, 0.3) is 11.3 Å². The van der Waals surface area contributed by atoms with Crippen molar-refractivity contribution in [2.45, 2.75) is 11.5 Å². The second kappa shape index (κ2) is 11.2. The van der Waals surface area contributed by atoms with Gasteiger partial charge in [-0.05, 0) is 61.0 Å². The van der Waals surface area contributed by atoms with E-state index in [1.165, 1.54) is 23.3 Å². The normalized spacial score (nSPS) is 14.0. The first-order valence-corrected chi connectivity index (χ1v) is 12.4. The number of thioether (sulfide) groups is 2. The fraction of sp³-hybridized carbons (Fsp3) is 0.250. The molecule has 32 heavy (non-hydrogen) atoms. The molecule has 2 heterocycles. The van der Waals surface area contributed by atoms with Crippen LogP contribution in [0.4, 0.5) is 0 Å². The first-order chi connectivity index (χ1) is 15.7. The van der Waals surface area contributed by atoms with Crippen molar-refractivity contribution < 1.29 is 18.7 Å². The smallest absolute Gasteiger partial charge is 0.277 e. The highest BCUT2D eigenvalue weighted by molar-refractivity contribution is 8.19. The number of nitrogens with one attached hydrogen (secondary N) is 1. The van der Waals surface area contributed by atoms with Gasteiger partial charge in [0.25, 0.3) is 5.91 Å². The average Bonchev–Trinajstić information content (AvgIpc) is 3.52. The van der Waals surface area contributed by atoms with Crippen LogP contribution in [0.1, 0.15) is 22.8 Å². The predicted octanol–water partition coefficient (Wildman–Crippen LogP) is 5.35. The molecule has 1 saturated heterocycles. The first-order valence-electron chi connectivity index (χ1n) is 10.3. The summed E-state index contributed by atoms with van der Waals surface area (Å²) in [5, 5.41) is 3.94. The molecule has 1 fully saturated rings. The van der Waals surface area contributed by atoms with Gasteiger partial charge in [0.15, 0.2) is 6.61 Å². The van der Waals surface area contributed by atoms with E-state index < -0.39 is 0 Å². The van der Waals surface area contributed by atoms with Crippen LogP contribution in [0.3, 0.4) is 0 Å². The van der Waals surface area contributed by atoms with Gasteiger partial charge < -0.3 is 13.9 Å². The van der Waals surface area contributed by atoms with Crippen molar-refractivity contribution in [2.75, 3.05) is 24.7 Å². The molecule has 1 amide bonds. The molecule has 2 aromatic carbocycles. The lowest BCUT2D eigenvalue weighted by atomic mass is 10.2. The van der Waals surface area contributed by atoms with E-state index in [-0.39, 0.29) is 12.5 Å². The number of carbonyl (C=O) groups is 1. The standard InChI is InChI=1S/C24H24N2O4S2/c1-2-28-19-7-3-17(4-8-19)22-12-11-21(30-22)15-25-26-23(27)16-29-20-9-5-18(6-10-20)24-31-13-14-32-24/h3-12,15,24H,2,13-14,16H2,1H3,(H,26,27)/b25-15-. The highest BCUT2D eigenvalue weighted by Crippen LogP contribution is 2.45. The largest absolute Gasteiger partial charge is 0.494 e. The third kappa shape index (κ3) is 6.11. The lowest BCUT2D eigenvalue weighted by molar-refractivity contribution is -0.123. The molecule has 4 rings (SSSR count). The maximum Gasteiger partial charge on any atom is 0.277 e. The molecule has 3 aromatic rings. The van der Waals surface area contributed by atoms with Gasteiger partial charge in [-0.15, -0.1) is 23.5 Å². The Morgan fingerprint density at radius 1 is 1.03 bits per heavy atom. The molecule has 0 spiro atoms. The molecule has 8 heteroatoms. The first kappa shape index (κ1) is 22.4. The quantitative estimate of drug-likeness (QED) is 0.337. The van der Waals surface area contributed by atoms with Gasteiger partial charge in [-0.1, -0.05) is 12.1 Å². The SMILES string of the molecule is CCOc1ccc(-c2ccc(/C=N\NC(=O)COc3ccc(C4SCCS4)cc3)o2)cc1. The predicted molar refractivity (Wildman–Crippen MR) is 131 cm³/mol. The topological polar surface area (TPSA) is 73.1 Å². The number of hydrogen-bond acceptors (Lipinski definition) is 7. The molecule has 0 unspecified atom stereocenters. The maximum absolute atomic E-state index is 12.0. The van der Waals surface area contributed by atoms with Crippen LogP contribution >= 0.6 is 23.5 Å². The monoisotopic (exact) mass is 468 g/mol. The van der Waals surface area contributed by atoms with E-state index in [9.17, 15) is 4.79 Å². The van der Waals surface area contributed by atoms with Crippen LogP contribution in [0.15, 0.2) is 70.2 Å². The molecule has 1 aliphatic rings. The highest BCUT2D eigenvalue weighted by Gasteiger charge is 2.18. The van der Waals surface area contributed by atoms with E-state index in [2.05, 4.69) is 22.7 Å². The number of rotatable bonds is 9. The molecule has 166 valence electrons. The number of ether oxygens (including phenoxy) is 2. The summed E-state index contributed by atoms with van der Waals surface area (Å²) in [5.74, 6) is 4.76. The number of nitrogens with zero attached hydrogens (tertiary/aromatic N) is 1. The van der Waals surface area contributed by atoms with Gasteiger partial charge in [0.05, 0.1) is 17.4 Å². The van der Waals surface area contributed by atoms with Gasteiger partial charge in [-0.25, -0.2) is 5.43 Å².